The highest BCUT2D eigenvalue weighted by atomic mass is 32.1. The summed E-state index contributed by atoms with van der Waals surface area (Å²) >= 11 is 1.65. The second-order valence-electron chi connectivity index (χ2n) is 8.18. The first-order valence-electron chi connectivity index (χ1n) is 10.4. The van der Waals surface area contributed by atoms with E-state index in [9.17, 15) is 9.59 Å². The molecule has 2 N–H and O–H groups in total. The summed E-state index contributed by atoms with van der Waals surface area (Å²) in [5.74, 6) is 0.609. The lowest BCUT2D eigenvalue weighted by atomic mass is 9.97. The van der Waals surface area contributed by atoms with Crippen LogP contribution in [0.3, 0.4) is 0 Å². The largest absolute Gasteiger partial charge is 0.355 e. The van der Waals surface area contributed by atoms with E-state index in [-0.39, 0.29) is 11.5 Å². The molecule has 0 saturated heterocycles. The number of nitrogens with zero attached hydrogens (tertiary/aromatic N) is 2. The van der Waals surface area contributed by atoms with E-state index in [1.807, 2.05) is 0 Å². The summed E-state index contributed by atoms with van der Waals surface area (Å²) in [7, 11) is 0. The predicted octanol–water partition coefficient (Wildman–Crippen LogP) is 3.03. The van der Waals surface area contributed by atoms with Gasteiger partial charge in [-0.3, -0.25) is 14.5 Å². The molecule has 0 unspecified atom stereocenters. The molecule has 0 fully saturated rings. The average Bonchev–Trinajstić information content (AvgIpc) is 3.01. The molecule has 6 nitrogen and oxygen atoms in total. The molecule has 2 aromatic heterocycles. The highest BCUT2D eigenvalue weighted by molar-refractivity contribution is 7.18. The second kappa shape index (κ2) is 9.18. The number of carbonyl (C=O) groups is 1. The zero-order valence-electron chi connectivity index (χ0n) is 17.4. The smallest absolute Gasteiger partial charge is 0.259 e. The lowest BCUT2D eigenvalue weighted by Crippen LogP contribution is -2.42. The van der Waals surface area contributed by atoms with Crippen LogP contribution in [0.2, 0.25) is 0 Å². The van der Waals surface area contributed by atoms with Gasteiger partial charge in [0.05, 0.1) is 5.39 Å². The van der Waals surface area contributed by atoms with E-state index in [1.165, 1.54) is 16.9 Å². The van der Waals surface area contributed by atoms with Gasteiger partial charge in [-0.15, -0.1) is 11.3 Å². The molecule has 0 bridgehead atoms. The van der Waals surface area contributed by atoms with Crippen LogP contribution in [0.15, 0.2) is 4.79 Å². The molecule has 1 aliphatic carbocycles. The predicted molar refractivity (Wildman–Crippen MR) is 115 cm³/mol. The summed E-state index contributed by atoms with van der Waals surface area (Å²) in [6.07, 6.45) is 5.16. The number of amides is 1. The number of fused-ring (bicyclic) bond motifs is 3. The number of hydrogen-bond donors (Lipinski definition) is 2. The SMILES string of the molecule is CC(C)N(CCNC(=O)CCc1nc2sc3c(c2c(=O)[nH]1)CCCC3)C(C)C. The first-order valence-corrected chi connectivity index (χ1v) is 11.2. The number of aryl methyl sites for hydroxylation is 3. The Labute approximate surface area is 170 Å². The van der Waals surface area contributed by atoms with Crippen LogP contribution in [-0.2, 0) is 24.1 Å². The third kappa shape index (κ3) is 4.81. The van der Waals surface area contributed by atoms with Crippen molar-refractivity contribution >= 4 is 27.5 Å². The van der Waals surface area contributed by atoms with E-state index < -0.39 is 0 Å². The highest BCUT2D eigenvalue weighted by Crippen LogP contribution is 2.33. The fourth-order valence-electron chi connectivity index (χ4n) is 4.08. The van der Waals surface area contributed by atoms with Crippen molar-refractivity contribution in [3.8, 4) is 0 Å². The van der Waals surface area contributed by atoms with Crippen LogP contribution < -0.4 is 10.9 Å². The molecule has 28 heavy (non-hydrogen) atoms. The molecule has 1 aliphatic rings. The number of carbonyl (C=O) groups excluding carboxylic acids is 1. The van der Waals surface area contributed by atoms with Gasteiger partial charge in [-0.25, -0.2) is 4.98 Å². The van der Waals surface area contributed by atoms with Crippen molar-refractivity contribution in [1.82, 2.24) is 20.2 Å². The fourth-order valence-corrected chi connectivity index (χ4v) is 5.37. The Hall–Kier alpha value is -1.73. The number of rotatable bonds is 8. The number of aromatic amines is 1. The van der Waals surface area contributed by atoms with E-state index in [1.54, 1.807) is 11.3 Å². The molecule has 1 amide bonds. The van der Waals surface area contributed by atoms with Crippen molar-refractivity contribution in [2.45, 2.75) is 78.3 Å². The summed E-state index contributed by atoms with van der Waals surface area (Å²) in [4.78, 5) is 36.8. The van der Waals surface area contributed by atoms with Crippen molar-refractivity contribution in [2.75, 3.05) is 13.1 Å². The Bertz CT molecular complexity index is 876. The quantitative estimate of drug-likeness (QED) is 0.709. The number of H-pyrrole nitrogens is 1. The molecule has 2 heterocycles. The van der Waals surface area contributed by atoms with Gasteiger partial charge in [0.15, 0.2) is 0 Å². The fraction of sp³-hybridized carbons (Fsp3) is 0.667. The van der Waals surface area contributed by atoms with Crippen LogP contribution in [-0.4, -0.2) is 45.9 Å². The van der Waals surface area contributed by atoms with Gasteiger partial charge in [0.25, 0.3) is 5.56 Å². The van der Waals surface area contributed by atoms with Crippen molar-refractivity contribution in [3.05, 3.63) is 26.6 Å². The highest BCUT2D eigenvalue weighted by Gasteiger charge is 2.20. The Morgan fingerprint density at radius 1 is 1.21 bits per heavy atom. The number of hydrogen-bond acceptors (Lipinski definition) is 5. The maximum Gasteiger partial charge on any atom is 0.259 e. The first-order chi connectivity index (χ1) is 13.4. The van der Waals surface area contributed by atoms with E-state index in [4.69, 9.17) is 0 Å². The van der Waals surface area contributed by atoms with Crippen LogP contribution in [0, 0.1) is 0 Å². The summed E-state index contributed by atoms with van der Waals surface area (Å²) in [6, 6.07) is 0.907. The number of aromatic nitrogens is 2. The van der Waals surface area contributed by atoms with Crippen LogP contribution >= 0.6 is 11.3 Å². The second-order valence-corrected chi connectivity index (χ2v) is 9.26. The van der Waals surface area contributed by atoms with Gasteiger partial charge in [-0.2, -0.15) is 0 Å². The normalized spacial score (nSPS) is 14.2. The average molecular weight is 405 g/mol. The van der Waals surface area contributed by atoms with E-state index in [0.717, 1.165) is 36.0 Å². The van der Waals surface area contributed by atoms with Crippen molar-refractivity contribution in [1.29, 1.82) is 0 Å². The minimum atomic E-state index is -0.0516. The summed E-state index contributed by atoms with van der Waals surface area (Å²) in [5.41, 5.74) is 1.15. The molecule has 0 aliphatic heterocycles. The van der Waals surface area contributed by atoms with Gasteiger partial charge in [0.2, 0.25) is 5.91 Å². The van der Waals surface area contributed by atoms with Crippen LogP contribution in [0.4, 0.5) is 0 Å². The number of thiophene rings is 1. The monoisotopic (exact) mass is 404 g/mol. The standard InChI is InChI=1S/C21H32N4O2S/c1-13(2)25(14(3)4)12-11-22-18(26)10-9-17-23-20(27)19-15-7-5-6-8-16(15)28-21(19)24-17/h13-14H,5-12H2,1-4H3,(H,22,26)(H,23,24,27). The zero-order chi connectivity index (χ0) is 20.3. The maximum atomic E-state index is 12.6. The molecule has 0 radical (unpaired) electrons. The summed E-state index contributed by atoms with van der Waals surface area (Å²) in [6.45, 7) is 10.1. The lowest BCUT2D eigenvalue weighted by Gasteiger charge is -2.30. The summed E-state index contributed by atoms with van der Waals surface area (Å²) < 4.78 is 0. The van der Waals surface area contributed by atoms with Gasteiger partial charge in [0.1, 0.15) is 10.7 Å². The van der Waals surface area contributed by atoms with Gasteiger partial charge >= 0.3 is 0 Å². The van der Waals surface area contributed by atoms with Crippen molar-refractivity contribution in [3.63, 3.8) is 0 Å². The Morgan fingerprint density at radius 2 is 1.93 bits per heavy atom. The Balaban J connectivity index is 1.56. The van der Waals surface area contributed by atoms with Crippen LogP contribution in [0.1, 0.15) is 63.2 Å². The Kier molecular flexibility index (Phi) is 6.88. The third-order valence-electron chi connectivity index (χ3n) is 5.48. The summed E-state index contributed by atoms with van der Waals surface area (Å²) in [5, 5.41) is 3.76. The number of nitrogens with one attached hydrogen (secondary N) is 2. The molecular formula is C21H32N4O2S. The molecule has 0 atom stereocenters. The van der Waals surface area contributed by atoms with E-state index >= 15 is 0 Å². The molecule has 0 spiro atoms. The minimum absolute atomic E-state index is 0.000632. The van der Waals surface area contributed by atoms with Gasteiger partial charge in [0, 0.05) is 42.9 Å². The van der Waals surface area contributed by atoms with E-state index in [2.05, 4.69) is 47.9 Å². The topological polar surface area (TPSA) is 78.1 Å². The van der Waals surface area contributed by atoms with Gasteiger partial charge < -0.3 is 10.3 Å². The zero-order valence-corrected chi connectivity index (χ0v) is 18.2. The first kappa shape index (κ1) is 21.0. The van der Waals surface area contributed by atoms with Crippen LogP contribution in [0.5, 0.6) is 0 Å². The van der Waals surface area contributed by atoms with Crippen LogP contribution in [0.25, 0.3) is 10.2 Å². The molecule has 154 valence electrons. The molecule has 0 aromatic carbocycles. The minimum Gasteiger partial charge on any atom is -0.355 e. The van der Waals surface area contributed by atoms with Gasteiger partial charge in [-0.05, 0) is 58.9 Å². The molecule has 0 saturated carbocycles. The van der Waals surface area contributed by atoms with Gasteiger partial charge in [-0.1, -0.05) is 0 Å². The third-order valence-corrected chi connectivity index (χ3v) is 6.67. The Morgan fingerprint density at radius 3 is 2.64 bits per heavy atom. The maximum absolute atomic E-state index is 12.6. The lowest BCUT2D eigenvalue weighted by molar-refractivity contribution is -0.121. The molecule has 7 heteroatoms. The molecular weight excluding hydrogens is 372 g/mol. The molecule has 2 aromatic rings. The van der Waals surface area contributed by atoms with E-state index in [0.29, 0.717) is 37.3 Å². The van der Waals surface area contributed by atoms with Crippen molar-refractivity contribution < 1.29 is 4.79 Å². The molecule has 3 rings (SSSR count). The van der Waals surface area contributed by atoms with Crippen molar-refractivity contribution in [2.24, 2.45) is 0 Å².